The highest BCUT2D eigenvalue weighted by Crippen LogP contribution is 2.28. The summed E-state index contributed by atoms with van der Waals surface area (Å²) in [5.41, 5.74) is 5.70. The van der Waals surface area contributed by atoms with Gasteiger partial charge in [0.25, 0.3) is 0 Å². The molecule has 0 saturated carbocycles. The molecule has 3 aromatic rings. The van der Waals surface area contributed by atoms with Gasteiger partial charge >= 0.3 is 0 Å². The maximum absolute atomic E-state index is 9.18. The quantitative estimate of drug-likeness (QED) is 0.701. The highest BCUT2D eigenvalue weighted by atomic mass is 14.7. The molecule has 1 heterocycles. The Labute approximate surface area is 135 Å². The predicted octanol–water partition coefficient (Wildman–Crippen LogP) is 4.47. The van der Waals surface area contributed by atoms with E-state index in [0.29, 0.717) is 11.1 Å². The number of nitrogens with zero attached hydrogens (tertiary/aromatic N) is 3. The van der Waals surface area contributed by atoms with E-state index in [0.717, 1.165) is 27.9 Å². The van der Waals surface area contributed by atoms with E-state index < -0.39 is 0 Å². The van der Waals surface area contributed by atoms with E-state index >= 15 is 0 Å². The van der Waals surface area contributed by atoms with Gasteiger partial charge in [-0.2, -0.15) is 10.5 Å². The Morgan fingerprint density at radius 2 is 1.57 bits per heavy atom. The summed E-state index contributed by atoms with van der Waals surface area (Å²) in [4.78, 5) is 4.47. The van der Waals surface area contributed by atoms with Crippen LogP contribution in [0.3, 0.4) is 0 Å². The first-order valence-electron chi connectivity index (χ1n) is 7.19. The largest absolute Gasteiger partial charge is 0.256 e. The normalized spacial score (nSPS) is 9.87. The zero-order valence-electron chi connectivity index (χ0n) is 12.6. The Bertz CT molecular complexity index is 945. The van der Waals surface area contributed by atoms with Crippen LogP contribution >= 0.6 is 0 Å². The van der Waals surface area contributed by atoms with Crippen molar-refractivity contribution in [2.75, 3.05) is 0 Å². The first-order chi connectivity index (χ1) is 11.2. The third-order valence-electron chi connectivity index (χ3n) is 3.74. The molecule has 2 aromatic carbocycles. The lowest BCUT2D eigenvalue weighted by Gasteiger charge is -2.09. The number of benzene rings is 2. The number of pyridine rings is 1. The van der Waals surface area contributed by atoms with Crippen LogP contribution in [0, 0.1) is 29.6 Å². The summed E-state index contributed by atoms with van der Waals surface area (Å²) in [6.45, 7) is 2.03. The van der Waals surface area contributed by atoms with E-state index in [-0.39, 0.29) is 0 Å². The molecule has 3 rings (SSSR count). The molecule has 1 aromatic heterocycles. The Balaban J connectivity index is 2.13. The van der Waals surface area contributed by atoms with Crippen molar-refractivity contribution in [3.8, 4) is 34.5 Å². The van der Waals surface area contributed by atoms with Gasteiger partial charge in [-0.15, -0.1) is 0 Å². The standard InChI is InChI=1S/C20H13N3/c1-14-13-23-20(10-19(14)15-5-3-2-4-6-15)16-7-8-17(11-21)18(9-16)12-22/h2-10,13H,1H3. The summed E-state index contributed by atoms with van der Waals surface area (Å²) < 4.78 is 0. The molecular formula is C20H13N3. The number of hydrogen-bond acceptors (Lipinski definition) is 3. The van der Waals surface area contributed by atoms with Gasteiger partial charge in [-0.3, -0.25) is 4.98 Å². The molecule has 0 bridgehead atoms. The van der Waals surface area contributed by atoms with Crippen molar-refractivity contribution in [1.82, 2.24) is 4.98 Å². The van der Waals surface area contributed by atoms with Crippen molar-refractivity contribution in [3.05, 3.63) is 77.5 Å². The second kappa shape index (κ2) is 6.13. The van der Waals surface area contributed by atoms with Crippen LogP contribution in [0.1, 0.15) is 16.7 Å². The van der Waals surface area contributed by atoms with E-state index in [9.17, 15) is 5.26 Å². The third kappa shape index (κ3) is 2.81. The Kier molecular flexibility index (Phi) is 3.87. The van der Waals surface area contributed by atoms with E-state index in [1.165, 1.54) is 0 Å². The summed E-state index contributed by atoms with van der Waals surface area (Å²) in [6, 6.07) is 21.4. The summed E-state index contributed by atoms with van der Waals surface area (Å²) >= 11 is 0. The molecule has 0 spiro atoms. The number of hydrogen-bond donors (Lipinski definition) is 0. The Hall–Kier alpha value is -3.43. The van der Waals surface area contributed by atoms with Crippen molar-refractivity contribution in [3.63, 3.8) is 0 Å². The zero-order chi connectivity index (χ0) is 16.2. The minimum atomic E-state index is 0.369. The van der Waals surface area contributed by atoms with Crippen molar-refractivity contribution < 1.29 is 0 Å². The van der Waals surface area contributed by atoms with Crippen molar-refractivity contribution in [2.24, 2.45) is 0 Å². The van der Waals surface area contributed by atoms with Gasteiger partial charge in [0.2, 0.25) is 0 Å². The van der Waals surface area contributed by atoms with Crippen LogP contribution in [0.2, 0.25) is 0 Å². The number of aromatic nitrogens is 1. The first-order valence-corrected chi connectivity index (χ1v) is 7.19. The Morgan fingerprint density at radius 3 is 2.26 bits per heavy atom. The van der Waals surface area contributed by atoms with Crippen LogP contribution in [0.4, 0.5) is 0 Å². The maximum atomic E-state index is 9.18. The summed E-state index contributed by atoms with van der Waals surface area (Å²) in [5.74, 6) is 0. The van der Waals surface area contributed by atoms with Gasteiger partial charge < -0.3 is 0 Å². The van der Waals surface area contributed by atoms with Crippen LogP contribution < -0.4 is 0 Å². The van der Waals surface area contributed by atoms with Gasteiger partial charge in [0.05, 0.1) is 16.8 Å². The van der Waals surface area contributed by atoms with Crippen LogP contribution in [-0.2, 0) is 0 Å². The first kappa shape index (κ1) is 14.5. The van der Waals surface area contributed by atoms with Gasteiger partial charge in [-0.1, -0.05) is 36.4 Å². The topological polar surface area (TPSA) is 60.5 Å². The highest BCUT2D eigenvalue weighted by Gasteiger charge is 2.09. The van der Waals surface area contributed by atoms with Gasteiger partial charge in [0.1, 0.15) is 12.1 Å². The average Bonchev–Trinajstić information content (AvgIpc) is 2.62. The maximum Gasteiger partial charge on any atom is 0.101 e. The molecule has 0 aliphatic heterocycles. The molecule has 0 N–H and O–H groups in total. The molecule has 108 valence electrons. The summed E-state index contributed by atoms with van der Waals surface area (Å²) in [6.07, 6.45) is 1.84. The summed E-state index contributed by atoms with van der Waals surface area (Å²) in [5, 5.41) is 18.2. The molecule has 0 aliphatic carbocycles. The van der Waals surface area contributed by atoms with Crippen molar-refractivity contribution in [1.29, 1.82) is 10.5 Å². The van der Waals surface area contributed by atoms with E-state index in [2.05, 4.69) is 23.2 Å². The zero-order valence-corrected chi connectivity index (χ0v) is 12.6. The lowest BCUT2D eigenvalue weighted by Crippen LogP contribution is -1.91. The number of rotatable bonds is 2. The van der Waals surface area contributed by atoms with E-state index in [1.54, 1.807) is 12.1 Å². The molecule has 0 atom stereocenters. The number of nitriles is 2. The molecule has 0 amide bonds. The molecule has 0 saturated heterocycles. The molecule has 23 heavy (non-hydrogen) atoms. The fourth-order valence-electron chi connectivity index (χ4n) is 2.50. The van der Waals surface area contributed by atoms with Gasteiger partial charge in [0.15, 0.2) is 0 Å². The predicted molar refractivity (Wildman–Crippen MR) is 89.3 cm³/mol. The molecule has 3 nitrogen and oxygen atoms in total. The van der Waals surface area contributed by atoms with Gasteiger partial charge in [0, 0.05) is 11.8 Å². The third-order valence-corrected chi connectivity index (χ3v) is 3.74. The SMILES string of the molecule is Cc1cnc(-c2ccc(C#N)c(C#N)c2)cc1-c1ccccc1. The van der Waals surface area contributed by atoms with Crippen molar-refractivity contribution in [2.45, 2.75) is 6.92 Å². The van der Waals surface area contributed by atoms with Crippen molar-refractivity contribution >= 4 is 0 Å². The van der Waals surface area contributed by atoms with Gasteiger partial charge in [-0.25, -0.2) is 0 Å². The molecule has 0 unspecified atom stereocenters. The van der Waals surface area contributed by atoms with E-state index in [4.69, 9.17) is 5.26 Å². The second-order valence-corrected chi connectivity index (χ2v) is 5.23. The summed E-state index contributed by atoms with van der Waals surface area (Å²) in [7, 11) is 0. The Morgan fingerprint density at radius 1 is 0.826 bits per heavy atom. The smallest absolute Gasteiger partial charge is 0.101 e. The van der Waals surface area contributed by atoms with E-state index in [1.807, 2.05) is 49.5 Å². The van der Waals surface area contributed by atoms with Crippen LogP contribution in [0.25, 0.3) is 22.4 Å². The van der Waals surface area contributed by atoms with Gasteiger partial charge in [-0.05, 0) is 41.8 Å². The van der Waals surface area contributed by atoms with Crippen LogP contribution in [-0.4, -0.2) is 4.98 Å². The number of aryl methyl sites for hydroxylation is 1. The lowest BCUT2D eigenvalue weighted by molar-refractivity contribution is 1.27. The fraction of sp³-hybridized carbons (Fsp3) is 0.0500. The molecule has 0 fully saturated rings. The molecule has 0 radical (unpaired) electrons. The molecule has 0 aliphatic rings. The molecule has 3 heteroatoms. The monoisotopic (exact) mass is 295 g/mol. The molecular weight excluding hydrogens is 282 g/mol. The minimum Gasteiger partial charge on any atom is -0.256 e. The highest BCUT2D eigenvalue weighted by molar-refractivity contribution is 5.73. The lowest BCUT2D eigenvalue weighted by atomic mass is 9.98. The average molecular weight is 295 g/mol. The minimum absolute atomic E-state index is 0.369. The van der Waals surface area contributed by atoms with Crippen LogP contribution in [0.5, 0.6) is 0 Å². The van der Waals surface area contributed by atoms with Crippen LogP contribution in [0.15, 0.2) is 60.8 Å². The fourth-order valence-corrected chi connectivity index (χ4v) is 2.50. The second-order valence-electron chi connectivity index (χ2n) is 5.23.